The van der Waals surface area contributed by atoms with E-state index in [2.05, 4.69) is 20.6 Å². The number of carbonyl (C=O) groups excluding carboxylic acids is 1. The number of nitrogens with one attached hydrogen (secondary N) is 2. The standard InChI is InChI=1S/C26H23Cl2FN4O4/c1-15-4-6-19(29)22(10-15)33-26(34)32-20-7-5-16(11-18(20)28)37-25-17-12-23(35-2)24(36-9-3-8-27)13-21(17)30-14-31-25/h4-7,10-14H,3,8-9H2,1-2H3,(H2,32,33,34). The van der Waals surface area contributed by atoms with Crippen LogP contribution in [0.2, 0.25) is 5.02 Å². The van der Waals surface area contributed by atoms with Gasteiger partial charge in [-0.1, -0.05) is 17.7 Å². The Morgan fingerprint density at radius 1 is 1.03 bits per heavy atom. The van der Waals surface area contributed by atoms with Gasteiger partial charge in [-0.25, -0.2) is 19.2 Å². The van der Waals surface area contributed by atoms with Crippen molar-refractivity contribution in [1.82, 2.24) is 9.97 Å². The highest BCUT2D eigenvalue weighted by molar-refractivity contribution is 6.34. The first kappa shape index (κ1) is 26.2. The SMILES string of the molecule is COc1cc2c(Oc3ccc(NC(=O)Nc4cc(C)ccc4F)c(Cl)c3)ncnc2cc1OCCCCl. The number of alkyl halides is 1. The van der Waals surface area contributed by atoms with Crippen LogP contribution in [0.1, 0.15) is 12.0 Å². The number of urea groups is 1. The fourth-order valence-corrected chi connectivity index (χ4v) is 3.74. The van der Waals surface area contributed by atoms with Crippen molar-refractivity contribution >= 4 is 51.5 Å². The number of nitrogens with zero attached hydrogens (tertiary/aromatic N) is 2. The molecule has 2 amide bonds. The zero-order valence-corrected chi connectivity index (χ0v) is 21.5. The minimum Gasteiger partial charge on any atom is -0.493 e. The van der Waals surface area contributed by atoms with Crippen LogP contribution >= 0.6 is 23.2 Å². The second-order valence-electron chi connectivity index (χ2n) is 7.90. The Morgan fingerprint density at radius 2 is 1.84 bits per heavy atom. The van der Waals surface area contributed by atoms with E-state index in [0.29, 0.717) is 52.7 Å². The summed E-state index contributed by atoms with van der Waals surface area (Å²) in [5.41, 5.74) is 1.78. The van der Waals surface area contributed by atoms with Crippen molar-refractivity contribution in [2.24, 2.45) is 0 Å². The van der Waals surface area contributed by atoms with Crippen LogP contribution in [0.25, 0.3) is 10.9 Å². The fraction of sp³-hybridized carbons (Fsp3) is 0.192. The van der Waals surface area contributed by atoms with Crippen LogP contribution in [0.3, 0.4) is 0 Å². The van der Waals surface area contributed by atoms with Gasteiger partial charge in [-0.05, 0) is 49.2 Å². The van der Waals surface area contributed by atoms with E-state index in [1.165, 1.54) is 31.6 Å². The van der Waals surface area contributed by atoms with Crippen molar-refractivity contribution in [3.8, 4) is 23.1 Å². The van der Waals surface area contributed by atoms with Crippen LogP contribution in [0.4, 0.5) is 20.6 Å². The highest BCUT2D eigenvalue weighted by Crippen LogP contribution is 2.37. The molecule has 4 aromatic rings. The molecule has 0 unspecified atom stereocenters. The van der Waals surface area contributed by atoms with E-state index in [9.17, 15) is 9.18 Å². The quantitative estimate of drug-likeness (QED) is 0.171. The third kappa shape index (κ3) is 6.49. The first-order valence-corrected chi connectivity index (χ1v) is 12.1. The van der Waals surface area contributed by atoms with E-state index in [0.717, 1.165) is 5.56 Å². The molecule has 0 fully saturated rings. The molecule has 0 bridgehead atoms. The number of carbonyl (C=O) groups is 1. The molecule has 1 heterocycles. The Labute approximate surface area is 222 Å². The van der Waals surface area contributed by atoms with Crippen molar-refractivity contribution in [1.29, 1.82) is 0 Å². The summed E-state index contributed by atoms with van der Waals surface area (Å²) in [6.45, 7) is 2.24. The molecule has 3 aromatic carbocycles. The molecule has 11 heteroatoms. The molecule has 0 spiro atoms. The molecule has 0 saturated carbocycles. The number of benzene rings is 3. The van der Waals surface area contributed by atoms with E-state index in [1.807, 2.05) is 0 Å². The summed E-state index contributed by atoms with van der Waals surface area (Å²) in [6.07, 6.45) is 2.07. The molecule has 8 nitrogen and oxygen atoms in total. The van der Waals surface area contributed by atoms with E-state index < -0.39 is 11.8 Å². The molecule has 0 aliphatic carbocycles. The first-order valence-electron chi connectivity index (χ1n) is 11.2. The van der Waals surface area contributed by atoms with Crippen LogP contribution in [-0.2, 0) is 0 Å². The van der Waals surface area contributed by atoms with Crippen LogP contribution in [0.15, 0.2) is 54.9 Å². The van der Waals surface area contributed by atoms with Crippen LogP contribution in [0, 0.1) is 12.7 Å². The molecule has 4 rings (SSSR count). The number of aryl methyl sites for hydroxylation is 1. The van der Waals surface area contributed by atoms with Gasteiger partial charge in [0.05, 0.1) is 41.0 Å². The van der Waals surface area contributed by atoms with Crippen molar-refractivity contribution in [2.45, 2.75) is 13.3 Å². The minimum absolute atomic E-state index is 0.0623. The molecule has 1 aromatic heterocycles. The molecular weight excluding hydrogens is 522 g/mol. The lowest BCUT2D eigenvalue weighted by Gasteiger charge is -2.14. The van der Waals surface area contributed by atoms with E-state index in [1.54, 1.807) is 37.3 Å². The van der Waals surface area contributed by atoms with E-state index in [4.69, 9.17) is 37.4 Å². The van der Waals surface area contributed by atoms with Crippen LogP contribution in [0.5, 0.6) is 23.1 Å². The van der Waals surface area contributed by atoms with Crippen molar-refractivity contribution < 1.29 is 23.4 Å². The number of halogens is 3. The third-order valence-corrected chi connectivity index (χ3v) is 5.77. The zero-order valence-electron chi connectivity index (χ0n) is 20.0. The van der Waals surface area contributed by atoms with Gasteiger partial charge in [-0.2, -0.15) is 0 Å². The number of methoxy groups -OCH3 is 1. The lowest BCUT2D eigenvalue weighted by molar-refractivity contribution is 0.262. The number of fused-ring (bicyclic) bond motifs is 1. The number of amides is 2. The molecule has 0 atom stereocenters. The number of ether oxygens (including phenoxy) is 3. The minimum atomic E-state index is -0.641. The second-order valence-corrected chi connectivity index (χ2v) is 8.68. The third-order valence-electron chi connectivity index (χ3n) is 5.19. The first-order chi connectivity index (χ1) is 17.9. The van der Waals surface area contributed by atoms with Gasteiger partial charge in [-0.3, -0.25) is 0 Å². The summed E-state index contributed by atoms with van der Waals surface area (Å²) in [7, 11) is 1.54. The maximum absolute atomic E-state index is 13.9. The van der Waals surface area contributed by atoms with Gasteiger partial charge in [-0.15, -0.1) is 11.6 Å². The molecule has 2 N–H and O–H groups in total. The zero-order chi connectivity index (χ0) is 26.4. The Bertz CT molecular complexity index is 1440. The molecule has 192 valence electrons. The Balaban J connectivity index is 1.51. The second kappa shape index (κ2) is 11.9. The predicted octanol–water partition coefficient (Wildman–Crippen LogP) is 7.18. The summed E-state index contributed by atoms with van der Waals surface area (Å²) in [4.78, 5) is 20.9. The molecule has 0 saturated heterocycles. The number of anilines is 2. The number of hydrogen-bond donors (Lipinski definition) is 2. The van der Waals surface area contributed by atoms with Crippen LogP contribution in [-0.4, -0.2) is 35.6 Å². The largest absolute Gasteiger partial charge is 0.493 e. The monoisotopic (exact) mass is 544 g/mol. The van der Waals surface area contributed by atoms with Gasteiger partial charge in [0, 0.05) is 18.0 Å². The maximum Gasteiger partial charge on any atom is 0.323 e. The molecular formula is C26H23Cl2FN4O4. The van der Waals surface area contributed by atoms with Crippen molar-refractivity contribution in [3.63, 3.8) is 0 Å². The normalized spacial score (nSPS) is 10.7. The van der Waals surface area contributed by atoms with Gasteiger partial charge in [0.1, 0.15) is 17.9 Å². The van der Waals surface area contributed by atoms with Crippen molar-refractivity contribution in [2.75, 3.05) is 30.2 Å². The topological polar surface area (TPSA) is 94.6 Å². The Hall–Kier alpha value is -3.82. The number of rotatable bonds is 9. The molecule has 0 aliphatic heterocycles. The lowest BCUT2D eigenvalue weighted by atomic mass is 10.2. The summed E-state index contributed by atoms with van der Waals surface area (Å²) < 4.78 is 31.1. The molecule has 0 radical (unpaired) electrons. The Morgan fingerprint density at radius 3 is 2.59 bits per heavy atom. The average Bonchev–Trinajstić information content (AvgIpc) is 2.88. The predicted molar refractivity (Wildman–Crippen MR) is 142 cm³/mol. The Kier molecular flexibility index (Phi) is 8.47. The summed E-state index contributed by atoms with van der Waals surface area (Å²) in [5, 5.41) is 5.88. The summed E-state index contributed by atoms with van der Waals surface area (Å²) >= 11 is 12.1. The van der Waals surface area contributed by atoms with Gasteiger partial charge in [0.25, 0.3) is 0 Å². The van der Waals surface area contributed by atoms with Gasteiger partial charge in [0.2, 0.25) is 5.88 Å². The molecule has 0 aliphatic rings. The highest BCUT2D eigenvalue weighted by atomic mass is 35.5. The number of aromatic nitrogens is 2. The summed E-state index contributed by atoms with van der Waals surface area (Å²) in [6, 6.07) is 12.0. The van der Waals surface area contributed by atoms with Gasteiger partial charge < -0.3 is 24.8 Å². The van der Waals surface area contributed by atoms with Gasteiger partial charge in [0.15, 0.2) is 11.5 Å². The number of hydrogen-bond acceptors (Lipinski definition) is 6. The summed E-state index contributed by atoms with van der Waals surface area (Å²) in [5.74, 6) is 1.63. The van der Waals surface area contributed by atoms with E-state index >= 15 is 0 Å². The van der Waals surface area contributed by atoms with Crippen molar-refractivity contribution in [3.05, 3.63) is 71.3 Å². The van der Waals surface area contributed by atoms with Gasteiger partial charge >= 0.3 is 6.03 Å². The fourth-order valence-electron chi connectivity index (χ4n) is 3.41. The van der Waals surface area contributed by atoms with E-state index in [-0.39, 0.29) is 16.6 Å². The molecule has 37 heavy (non-hydrogen) atoms. The van der Waals surface area contributed by atoms with Crippen LogP contribution < -0.4 is 24.8 Å². The lowest BCUT2D eigenvalue weighted by Crippen LogP contribution is -2.20. The maximum atomic E-state index is 13.9. The smallest absolute Gasteiger partial charge is 0.323 e. The average molecular weight is 545 g/mol. The highest BCUT2D eigenvalue weighted by Gasteiger charge is 2.15.